The van der Waals surface area contributed by atoms with E-state index in [4.69, 9.17) is 0 Å². The molecule has 0 fully saturated rings. The fourth-order valence-corrected chi connectivity index (χ4v) is 4.82. The Labute approximate surface area is 169 Å². The molecule has 0 atom stereocenters. The normalized spacial score (nSPS) is 14.8. The second-order valence-corrected chi connectivity index (χ2v) is 8.97. The molecule has 0 bridgehead atoms. The standard InChI is InChI=1S/C22H22FNO4S/c1-15-6-12-19(13-7-15)29(27,28)24(20-4-3-5-21(25)16(20)2)14-22(26)17-8-10-18(23)11-9-17/h6-13H,3-5,14H2,1-2H3. The summed E-state index contributed by atoms with van der Waals surface area (Å²) in [5.41, 5.74) is 1.81. The van der Waals surface area contributed by atoms with E-state index < -0.39 is 28.2 Å². The monoisotopic (exact) mass is 415 g/mol. The average molecular weight is 415 g/mol. The first-order valence-corrected chi connectivity index (χ1v) is 10.8. The highest BCUT2D eigenvalue weighted by Gasteiger charge is 2.32. The van der Waals surface area contributed by atoms with Crippen LogP contribution in [0.4, 0.5) is 4.39 Å². The fourth-order valence-electron chi connectivity index (χ4n) is 3.28. The van der Waals surface area contributed by atoms with E-state index in [1.54, 1.807) is 19.1 Å². The van der Waals surface area contributed by atoms with E-state index >= 15 is 0 Å². The second-order valence-electron chi connectivity index (χ2n) is 7.10. The number of Topliss-reactive ketones (excluding diaryl/α,β-unsaturated/α-hetero) is 2. The van der Waals surface area contributed by atoms with Gasteiger partial charge in [0, 0.05) is 23.3 Å². The van der Waals surface area contributed by atoms with Crippen molar-refractivity contribution in [2.75, 3.05) is 6.54 Å². The number of rotatable bonds is 6. The molecule has 152 valence electrons. The number of hydrogen-bond acceptors (Lipinski definition) is 4. The van der Waals surface area contributed by atoms with E-state index in [1.807, 2.05) is 6.92 Å². The van der Waals surface area contributed by atoms with Crippen molar-refractivity contribution in [1.82, 2.24) is 4.31 Å². The lowest BCUT2D eigenvalue weighted by Gasteiger charge is -2.30. The topological polar surface area (TPSA) is 71.5 Å². The fraction of sp³-hybridized carbons (Fsp3) is 0.273. The third kappa shape index (κ3) is 4.45. The minimum absolute atomic E-state index is 0.0494. The van der Waals surface area contributed by atoms with E-state index in [0.29, 0.717) is 30.5 Å². The molecule has 1 aliphatic carbocycles. The van der Waals surface area contributed by atoms with E-state index in [2.05, 4.69) is 0 Å². The molecule has 1 aliphatic rings. The molecule has 0 aliphatic heterocycles. The van der Waals surface area contributed by atoms with Gasteiger partial charge in [-0.3, -0.25) is 13.9 Å². The number of carbonyl (C=O) groups excluding carboxylic acids is 2. The highest BCUT2D eigenvalue weighted by Crippen LogP contribution is 2.30. The first kappa shape index (κ1) is 20.9. The van der Waals surface area contributed by atoms with Gasteiger partial charge in [0.25, 0.3) is 10.0 Å². The summed E-state index contributed by atoms with van der Waals surface area (Å²) in [4.78, 5) is 25.0. The van der Waals surface area contributed by atoms with Crippen LogP contribution < -0.4 is 0 Å². The summed E-state index contributed by atoms with van der Waals surface area (Å²) in [6.45, 7) is 2.98. The van der Waals surface area contributed by atoms with Crippen molar-refractivity contribution in [3.8, 4) is 0 Å². The van der Waals surface area contributed by atoms with Gasteiger partial charge in [-0.2, -0.15) is 0 Å². The quantitative estimate of drug-likeness (QED) is 0.668. The van der Waals surface area contributed by atoms with Gasteiger partial charge in [0.1, 0.15) is 5.82 Å². The average Bonchev–Trinajstić information content (AvgIpc) is 2.69. The molecule has 3 rings (SSSR count). The molecular weight excluding hydrogens is 393 g/mol. The number of sulfonamides is 1. The van der Waals surface area contributed by atoms with Gasteiger partial charge in [0.15, 0.2) is 11.6 Å². The SMILES string of the molecule is CC1=C(N(CC(=O)c2ccc(F)cc2)S(=O)(=O)c2ccc(C)cc2)CCCC1=O. The van der Waals surface area contributed by atoms with Crippen LogP contribution in [0.5, 0.6) is 0 Å². The van der Waals surface area contributed by atoms with E-state index in [9.17, 15) is 22.4 Å². The van der Waals surface area contributed by atoms with Gasteiger partial charge in [-0.15, -0.1) is 0 Å². The smallest absolute Gasteiger partial charge is 0.264 e. The Morgan fingerprint density at radius 1 is 1.00 bits per heavy atom. The van der Waals surface area contributed by atoms with Crippen LogP contribution in [-0.2, 0) is 14.8 Å². The van der Waals surface area contributed by atoms with Gasteiger partial charge in [-0.1, -0.05) is 17.7 Å². The lowest BCUT2D eigenvalue weighted by atomic mass is 9.96. The lowest BCUT2D eigenvalue weighted by Crippen LogP contribution is -2.37. The molecule has 0 aromatic heterocycles. The summed E-state index contributed by atoms with van der Waals surface area (Å²) < 4.78 is 41.0. The Bertz CT molecular complexity index is 1070. The molecule has 0 unspecified atom stereocenters. The maximum Gasteiger partial charge on any atom is 0.264 e. The van der Waals surface area contributed by atoms with Gasteiger partial charge < -0.3 is 0 Å². The molecule has 0 N–H and O–H groups in total. The Morgan fingerprint density at radius 2 is 1.62 bits per heavy atom. The minimum atomic E-state index is -4.06. The van der Waals surface area contributed by atoms with Gasteiger partial charge >= 0.3 is 0 Å². The maximum atomic E-state index is 13.4. The van der Waals surface area contributed by atoms with Crippen LogP contribution in [0.25, 0.3) is 0 Å². The molecule has 29 heavy (non-hydrogen) atoms. The highest BCUT2D eigenvalue weighted by molar-refractivity contribution is 7.89. The Balaban J connectivity index is 2.05. The third-order valence-electron chi connectivity index (χ3n) is 5.03. The number of benzene rings is 2. The van der Waals surface area contributed by atoms with Gasteiger partial charge in [-0.25, -0.2) is 12.8 Å². The van der Waals surface area contributed by atoms with Crippen LogP contribution in [0.3, 0.4) is 0 Å². The van der Waals surface area contributed by atoms with Crippen molar-refractivity contribution < 1.29 is 22.4 Å². The molecule has 7 heteroatoms. The first-order valence-electron chi connectivity index (χ1n) is 9.31. The van der Waals surface area contributed by atoms with Crippen LogP contribution in [0.2, 0.25) is 0 Å². The molecule has 0 saturated heterocycles. The van der Waals surface area contributed by atoms with Gasteiger partial charge in [0.05, 0.1) is 11.4 Å². The van der Waals surface area contributed by atoms with Crippen LogP contribution in [0.15, 0.2) is 64.7 Å². The number of nitrogens with zero attached hydrogens (tertiary/aromatic N) is 1. The van der Waals surface area contributed by atoms with Gasteiger partial charge in [-0.05, 0) is 63.1 Å². The third-order valence-corrected chi connectivity index (χ3v) is 6.83. The van der Waals surface area contributed by atoms with Gasteiger partial charge in [0.2, 0.25) is 0 Å². The zero-order chi connectivity index (χ0) is 21.2. The first-order chi connectivity index (χ1) is 13.7. The van der Waals surface area contributed by atoms with Crippen molar-refractivity contribution in [2.45, 2.75) is 38.0 Å². The Hall–Kier alpha value is -2.80. The molecule has 0 heterocycles. The molecular formula is C22H22FNO4S. The summed E-state index contributed by atoms with van der Waals surface area (Å²) in [6, 6.07) is 11.3. The molecule has 2 aromatic carbocycles. The number of carbonyl (C=O) groups is 2. The van der Waals surface area contributed by atoms with Crippen LogP contribution in [0.1, 0.15) is 42.1 Å². The Kier molecular flexibility index (Phi) is 5.98. The molecule has 0 amide bonds. The zero-order valence-electron chi connectivity index (χ0n) is 16.3. The summed E-state index contributed by atoms with van der Waals surface area (Å²) >= 11 is 0. The summed E-state index contributed by atoms with van der Waals surface area (Å²) in [5.74, 6) is -1.08. The van der Waals surface area contributed by atoms with E-state index in [0.717, 1.165) is 22.0 Å². The minimum Gasteiger partial charge on any atom is -0.294 e. The highest BCUT2D eigenvalue weighted by atomic mass is 32.2. The largest absolute Gasteiger partial charge is 0.294 e. The van der Waals surface area contributed by atoms with Crippen molar-refractivity contribution in [3.05, 3.63) is 76.7 Å². The zero-order valence-corrected chi connectivity index (χ0v) is 17.1. The molecule has 0 saturated carbocycles. The van der Waals surface area contributed by atoms with E-state index in [1.165, 1.54) is 24.3 Å². The van der Waals surface area contributed by atoms with Crippen LogP contribution in [-0.4, -0.2) is 30.8 Å². The molecule has 0 radical (unpaired) electrons. The molecule has 2 aromatic rings. The van der Waals surface area contributed by atoms with E-state index in [-0.39, 0.29) is 16.2 Å². The predicted octanol–water partition coefficient (Wildman–Crippen LogP) is 4.03. The van der Waals surface area contributed by atoms with Crippen LogP contribution in [0, 0.1) is 12.7 Å². The number of allylic oxidation sites excluding steroid dienone is 2. The number of ketones is 2. The van der Waals surface area contributed by atoms with Crippen LogP contribution >= 0.6 is 0 Å². The van der Waals surface area contributed by atoms with Crippen molar-refractivity contribution in [1.29, 1.82) is 0 Å². The predicted molar refractivity (Wildman–Crippen MR) is 107 cm³/mol. The Morgan fingerprint density at radius 3 is 2.24 bits per heavy atom. The lowest BCUT2D eigenvalue weighted by molar-refractivity contribution is -0.116. The van der Waals surface area contributed by atoms with Crippen molar-refractivity contribution in [3.63, 3.8) is 0 Å². The van der Waals surface area contributed by atoms with Crippen molar-refractivity contribution >= 4 is 21.6 Å². The molecule has 0 spiro atoms. The van der Waals surface area contributed by atoms with Crippen molar-refractivity contribution in [2.24, 2.45) is 0 Å². The number of hydrogen-bond donors (Lipinski definition) is 0. The maximum absolute atomic E-state index is 13.4. The summed E-state index contributed by atoms with van der Waals surface area (Å²) in [7, 11) is -4.06. The number of aryl methyl sites for hydroxylation is 1. The summed E-state index contributed by atoms with van der Waals surface area (Å²) in [5, 5.41) is 0. The second kappa shape index (κ2) is 8.29. The molecule has 5 nitrogen and oxygen atoms in total. The number of halogens is 1. The summed E-state index contributed by atoms with van der Waals surface area (Å²) in [6.07, 6.45) is 1.27.